The first kappa shape index (κ1) is 11.5. The molecule has 1 N–H and O–H groups in total. The van der Waals surface area contributed by atoms with Crippen LogP contribution in [0.1, 0.15) is 6.42 Å². The van der Waals surface area contributed by atoms with Gasteiger partial charge in [0.05, 0.1) is 15.6 Å². The molecule has 6 heteroatoms. The second-order valence-corrected chi connectivity index (χ2v) is 5.18. The number of hydrogen-bond acceptors (Lipinski definition) is 4. The lowest BCUT2D eigenvalue weighted by Crippen LogP contribution is -2.18. The normalized spacial score (nSPS) is 19.7. The van der Waals surface area contributed by atoms with Crippen molar-refractivity contribution < 1.29 is 4.92 Å². The smallest absolute Gasteiger partial charge is 0.271 e. The third kappa shape index (κ3) is 2.59. The van der Waals surface area contributed by atoms with Gasteiger partial charge >= 0.3 is 0 Å². The number of nitro benzene ring substituents is 1. The zero-order valence-electron chi connectivity index (χ0n) is 8.48. The first-order valence-electron chi connectivity index (χ1n) is 4.95. The van der Waals surface area contributed by atoms with Gasteiger partial charge in [-0.2, -0.15) is 11.8 Å². The zero-order valence-corrected chi connectivity index (χ0v) is 10.1. The van der Waals surface area contributed by atoms with Crippen LogP contribution >= 0.6 is 23.4 Å². The van der Waals surface area contributed by atoms with Crippen LogP contribution in [-0.2, 0) is 0 Å². The van der Waals surface area contributed by atoms with E-state index in [0.717, 1.165) is 17.9 Å². The number of nitro groups is 1. The van der Waals surface area contributed by atoms with Crippen LogP contribution in [0, 0.1) is 10.1 Å². The minimum atomic E-state index is -0.412. The van der Waals surface area contributed by atoms with E-state index in [4.69, 9.17) is 11.6 Å². The summed E-state index contributed by atoms with van der Waals surface area (Å²) in [5, 5.41) is 14.4. The second kappa shape index (κ2) is 4.93. The van der Waals surface area contributed by atoms with E-state index < -0.39 is 4.92 Å². The molecule has 0 bridgehead atoms. The van der Waals surface area contributed by atoms with Gasteiger partial charge in [0.2, 0.25) is 0 Å². The van der Waals surface area contributed by atoms with Crippen LogP contribution in [-0.4, -0.2) is 22.5 Å². The molecule has 86 valence electrons. The number of nitrogens with zero attached hydrogens (tertiary/aromatic N) is 1. The highest BCUT2D eigenvalue weighted by Crippen LogP contribution is 2.29. The second-order valence-electron chi connectivity index (χ2n) is 3.63. The summed E-state index contributed by atoms with van der Waals surface area (Å²) >= 11 is 7.87. The molecule has 16 heavy (non-hydrogen) atoms. The number of nitrogens with one attached hydrogen (secondary N) is 1. The molecule has 1 aromatic carbocycles. The molecule has 2 rings (SSSR count). The van der Waals surface area contributed by atoms with E-state index in [9.17, 15) is 10.1 Å². The monoisotopic (exact) mass is 258 g/mol. The number of rotatable bonds is 3. The molecule has 0 aliphatic carbocycles. The minimum Gasteiger partial charge on any atom is -0.380 e. The molecule has 1 fully saturated rings. The predicted molar refractivity (Wildman–Crippen MR) is 67.5 cm³/mol. The van der Waals surface area contributed by atoms with Gasteiger partial charge in [0.15, 0.2) is 0 Å². The highest BCUT2D eigenvalue weighted by molar-refractivity contribution is 7.99. The van der Waals surface area contributed by atoms with Crippen LogP contribution < -0.4 is 5.32 Å². The van der Waals surface area contributed by atoms with Crippen LogP contribution in [0.25, 0.3) is 0 Å². The van der Waals surface area contributed by atoms with Gasteiger partial charge in [-0.25, -0.2) is 0 Å². The molecule has 1 heterocycles. The Bertz CT molecular complexity index is 408. The molecule has 0 radical (unpaired) electrons. The zero-order chi connectivity index (χ0) is 11.5. The first-order chi connectivity index (χ1) is 7.66. The van der Waals surface area contributed by atoms with Crippen molar-refractivity contribution in [3.05, 3.63) is 33.3 Å². The molecular weight excluding hydrogens is 248 g/mol. The number of benzene rings is 1. The predicted octanol–water partition coefficient (Wildman–Crippen LogP) is 3.17. The number of non-ortho nitro benzene ring substituents is 1. The summed E-state index contributed by atoms with van der Waals surface area (Å²) in [4.78, 5) is 10.2. The Morgan fingerprint density at radius 1 is 1.56 bits per heavy atom. The molecule has 1 saturated heterocycles. The van der Waals surface area contributed by atoms with Gasteiger partial charge in [0, 0.05) is 23.9 Å². The van der Waals surface area contributed by atoms with Crippen molar-refractivity contribution in [1.82, 2.24) is 0 Å². The topological polar surface area (TPSA) is 55.2 Å². The molecule has 0 saturated carbocycles. The van der Waals surface area contributed by atoms with E-state index in [-0.39, 0.29) is 5.69 Å². The van der Waals surface area contributed by atoms with Crippen molar-refractivity contribution in [2.75, 3.05) is 16.8 Å². The summed E-state index contributed by atoms with van der Waals surface area (Å²) in [6.45, 7) is 0. The largest absolute Gasteiger partial charge is 0.380 e. The summed E-state index contributed by atoms with van der Waals surface area (Å²) in [6, 6.07) is 4.83. The maximum Gasteiger partial charge on any atom is 0.271 e. The third-order valence-corrected chi connectivity index (χ3v) is 3.94. The van der Waals surface area contributed by atoms with Crippen molar-refractivity contribution >= 4 is 34.7 Å². The maximum atomic E-state index is 10.6. The highest BCUT2D eigenvalue weighted by Gasteiger charge is 2.17. The molecular formula is C10H11ClN2O2S. The lowest BCUT2D eigenvalue weighted by Gasteiger charge is -2.13. The third-order valence-electron chi connectivity index (χ3n) is 2.45. The average Bonchev–Trinajstić information content (AvgIpc) is 2.73. The lowest BCUT2D eigenvalue weighted by molar-refractivity contribution is -0.384. The quantitative estimate of drug-likeness (QED) is 0.668. The first-order valence-corrected chi connectivity index (χ1v) is 6.48. The molecule has 1 aromatic rings. The Morgan fingerprint density at radius 2 is 2.38 bits per heavy atom. The van der Waals surface area contributed by atoms with Gasteiger partial charge in [-0.1, -0.05) is 11.6 Å². The Balaban J connectivity index is 2.17. The summed E-state index contributed by atoms with van der Waals surface area (Å²) in [5.74, 6) is 2.16. The SMILES string of the molecule is O=[N+]([O-])c1ccc(Cl)c(NC2CCSC2)c1. The Morgan fingerprint density at radius 3 is 3.00 bits per heavy atom. The van der Waals surface area contributed by atoms with Crippen LogP contribution in [0.3, 0.4) is 0 Å². The van der Waals surface area contributed by atoms with Crippen molar-refractivity contribution in [2.24, 2.45) is 0 Å². The Kier molecular flexibility index (Phi) is 3.56. The van der Waals surface area contributed by atoms with Gasteiger partial charge < -0.3 is 5.32 Å². The van der Waals surface area contributed by atoms with Gasteiger partial charge in [-0.15, -0.1) is 0 Å². The van der Waals surface area contributed by atoms with E-state index in [1.807, 2.05) is 11.8 Å². The minimum absolute atomic E-state index is 0.0672. The summed E-state index contributed by atoms with van der Waals surface area (Å²) < 4.78 is 0. The van der Waals surface area contributed by atoms with Crippen molar-refractivity contribution in [1.29, 1.82) is 0 Å². The summed E-state index contributed by atoms with van der Waals surface area (Å²) in [5.41, 5.74) is 0.723. The molecule has 0 amide bonds. The lowest BCUT2D eigenvalue weighted by atomic mass is 10.2. The fraction of sp³-hybridized carbons (Fsp3) is 0.400. The van der Waals surface area contributed by atoms with Crippen LogP contribution in [0.4, 0.5) is 11.4 Å². The van der Waals surface area contributed by atoms with Gasteiger partial charge in [-0.3, -0.25) is 10.1 Å². The number of anilines is 1. The summed E-state index contributed by atoms with van der Waals surface area (Å²) in [6.07, 6.45) is 1.07. The van der Waals surface area contributed by atoms with Gasteiger partial charge in [0.1, 0.15) is 0 Å². The van der Waals surface area contributed by atoms with Crippen LogP contribution in [0.2, 0.25) is 5.02 Å². The average molecular weight is 259 g/mol. The Labute approximate surface area is 103 Å². The van der Waals surface area contributed by atoms with E-state index in [0.29, 0.717) is 16.8 Å². The van der Waals surface area contributed by atoms with Crippen molar-refractivity contribution in [3.8, 4) is 0 Å². The van der Waals surface area contributed by atoms with Gasteiger partial charge in [0.25, 0.3) is 5.69 Å². The molecule has 4 nitrogen and oxygen atoms in total. The van der Waals surface area contributed by atoms with Gasteiger partial charge in [-0.05, 0) is 18.2 Å². The van der Waals surface area contributed by atoms with Crippen molar-refractivity contribution in [2.45, 2.75) is 12.5 Å². The van der Waals surface area contributed by atoms with Crippen molar-refractivity contribution in [3.63, 3.8) is 0 Å². The van der Waals surface area contributed by atoms with E-state index >= 15 is 0 Å². The molecule has 1 atom stereocenters. The Hall–Kier alpha value is -0.940. The van der Waals surface area contributed by atoms with E-state index in [2.05, 4.69) is 5.32 Å². The highest BCUT2D eigenvalue weighted by atomic mass is 35.5. The number of thioether (sulfide) groups is 1. The fourth-order valence-corrected chi connectivity index (χ4v) is 2.93. The number of hydrogen-bond donors (Lipinski definition) is 1. The molecule has 1 unspecified atom stereocenters. The van der Waals surface area contributed by atoms with E-state index in [1.54, 1.807) is 6.07 Å². The molecule has 0 spiro atoms. The maximum absolute atomic E-state index is 10.6. The molecule has 1 aliphatic heterocycles. The standard InChI is InChI=1S/C10H11ClN2O2S/c11-9-2-1-8(13(14)15)5-10(9)12-7-3-4-16-6-7/h1-2,5,7,12H,3-4,6H2. The van der Waals surface area contributed by atoms with Crippen LogP contribution in [0.15, 0.2) is 18.2 Å². The van der Waals surface area contributed by atoms with Crippen LogP contribution in [0.5, 0.6) is 0 Å². The summed E-state index contributed by atoms with van der Waals surface area (Å²) in [7, 11) is 0. The molecule has 1 aliphatic rings. The van der Waals surface area contributed by atoms with E-state index in [1.165, 1.54) is 12.1 Å². The molecule has 0 aromatic heterocycles. The number of halogens is 1. The fourth-order valence-electron chi connectivity index (χ4n) is 1.61.